The lowest BCUT2D eigenvalue weighted by atomic mass is 10.1. The van der Waals surface area contributed by atoms with Crippen LogP contribution in [0.2, 0.25) is 5.02 Å². The van der Waals surface area contributed by atoms with Crippen molar-refractivity contribution in [2.24, 2.45) is 5.73 Å². The Kier molecular flexibility index (Phi) is 3.84. The normalized spacial score (nSPS) is 19.2. The number of nitrogens with zero attached hydrogens (tertiary/aromatic N) is 1. The number of cyclic esters (lactones) is 1. The zero-order chi connectivity index (χ0) is 13.1. The summed E-state index contributed by atoms with van der Waals surface area (Å²) in [6.45, 7) is 0.411. The molecule has 1 heterocycles. The number of carbonyl (C=O) groups excluding carboxylic acids is 2. The molecule has 2 N–H and O–H groups in total. The summed E-state index contributed by atoms with van der Waals surface area (Å²) < 4.78 is 5.02. The molecular formula is C12H13ClN2O3. The second kappa shape index (κ2) is 5.37. The molecule has 0 bridgehead atoms. The van der Waals surface area contributed by atoms with E-state index in [2.05, 4.69) is 0 Å². The first-order chi connectivity index (χ1) is 8.61. The molecular weight excluding hydrogens is 256 g/mol. The third kappa shape index (κ3) is 2.63. The number of hydrogen-bond acceptors (Lipinski definition) is 4. The Hall–Kier alpha value is -1.59. The molecule has 1 fully saturated rings. The van der Waals surface area contributed by atoms with Gasteiger partial charge in [-0.15, -0.1) is 0 Å². The standard InChI is InChI=1S/C12H13ClN2O3/c13-9-3-1-2-8(6-9)7-10-11(16)15(5-4-14)12(17)18-10/h1-3,6,10H,4-5,7,14H2/t10-/m1/s1. The van der Waals surface area contributed by atoms with Crippen LogP contribution in [0.5, 0.6) is 0 Å². The molecule has 0 aromatic heterocycles. The number of amides is 2. The first-order valence-corrected chi connectivity index (χ1v) is 5.96. The van der Waals surface area contributed by atoms with Gasteiger partial charge in [-0.05, 0) is 17.7 Å². The second-order valence-electron chi connectivity index (χ2n) is 3.98. The van der Waals surface area contributed by atoms with Crippen LogP contribution in [-0.2, 0) is 16.0 Å². The number of ether oxygens (including phenoxy) is 1. The summed E-state index contributed by atoms with van der Waals surface area (Å²) in [5.41, 5.74) is 6.18. The van der Waals surface area contributed by atoms with Crippen LogP contribution in [0.3, 0.4) is 0 Å². The fraction of sp³-hybridized carbons (Fsp3) is 0.333. The van der Waals surface area contributed by atoms with E-state index in [9.17, 15) is 9.59 Å². The first kappa shape index (κ1) is 12.9. The molecule has 0 unspecified atom stereocenters. The summed E-state index contributed by atoms with van der Waals surface area (Å²) in [5.74, 6) is -0.342. The summed E-state index contributed by atoms with van der Waals surface area (Å²) in [6.07, 6.45) is -1.08. The smallest absolute Gasteiger partial charge is 0.417 e. The molecule has 0 aliphatic carbocycles. The Balaban J connectivity index is 2.07. The Bertz CT molecular complexity index is 478. The number of rotatable bonds is 4. The summed E-state index contributed by atoms with van der Waals surface area (Å²) in [4.78, 5) is 24.4. The van der Waals surface area contributed by atoms with Crippen molar-refractivity contribution < 1.29 is 14.3 Å². The monoisotopic (exact) mass is 268 g/mol. The van der Waals surface area contributed by atoms with Gasteiger partial charge < -0.3 is 10.5 Å². The molecule has 2 rings (SSSR count). The molecule has 2 amide bonds. The van der Waals surface area contributed by atoms with Crippen LogP contribution in [0.4, 0.5) is 4.79 Å². The molecule has 0 saturated carbocycles. The van der Waals surface area contributed by atoms with Gasteiger partial charge in [-0.2, -0.15) is 0 Å². The maximum atomic E-state index is 11.9. The molecule has 1 aromatic carbocycles. The first-order valence-electron chi connectivity index (χ1n) is 5.58. The Labute approximate surface area is 109 Å². The van der Waals surface area contributed by atoms with Crippen molar-refractivity contribution >= 4 is 23.6 Å². The number of halogens is 1. The predicted octanol–water partition coefficient (Wildman–Crippen LogP) is 1.19. The number of hydrogen-bond donors (Lipinski definition) is 1. The van der Waals surface area contributed by atoms with Gasteiger partial charge in [0.2, 0.25) is 0 Å². The highest BCUT2D eigenvalue weighted by molar-refractivity contribution is 6.30. The zero-order valence-electron chi connectivity index (χ0n) is 9.64. The van der Waals surface area contributed by atoms with E-state index in [1.165, 1.54) is 0 Å². The van der Waals surface area contributed by atoms with Crippen LogP contribution in [0.1, 0.15) is 5.56 Å². The van der Waals surface area contributed by atoms with E-state index in [0.29, 0.717) is 11.4 Å². The summed E-state index contributed by atoms with van der Waals surface area (Å²) in [7, 11) is 0. The third-order valence-electron chi connectivity index (χ3n) is 2.67. The Morgan fingerprint density at radius 1 is 1.39 bits per heavy atom. The van der Waals surface area contributed by atoms with Crippen molar-refractivity contribution in [1.82, 2.24) is 4.90 Å². The fourth-order valence-electron chi connectivity index (χ4n) is 1.84. The van der Waals surface area contributed by atoms with Crippen molar-refractivity contribution in [3.05, 3.63) is 34.9 Å². The number of imide groups is 1. The Morgan fingerprint density at radius 2 is 2.17 bits per heavy atom. The summed E-state index contributed by atoms with van der Waals surface area (Å²) in [5, 5.41) is 0.586. The van der Waals surface area contributed by atoms with E-state index < -0.39 is 12.2 Å². The molecule has 1 aliphatic heterocycles. The van der Waals surface area contributed by atoms with Crippen LogP contribution in [0.25, 0.3) is 0 Å². The molecule has 0 radical (unpaired) electrons. The lowest BCUT2D eigenvalue weighted by molar-refractivity contribution is -0.129. The van der Waals surface area contributed by atoms with Crippen molar-refractivity contribution in [3.8, 4) is 0 Å². The van der Waals surface area contributed by atoms with Gasteiger partial charge in [0.15, 0.2) is 6.10 Å². The average Bonchev–Trinajstić information content (AvgIpc) is 2.57. The van der Waals surface area contributed by atoms with Crippen molar-refractivity contribution in [2.75, 3.05) is 13.1 Å². The topological polar surface area (TPSA) is 72.6 Å². The van der Waals surface area contributed by atoms with E-state index in [-0.39, 0.29) is 19.0 Å². The maximum Gasteiger partial charge on any atom is 0.417 e. The summed E-state index contributed by atoms with van der Waals surface area (Å²) in [6, 6.07) is 7.11. The van der Waals surface area contributed by atoms with E-state index in [4.69, 9.17) is 22.1 Å². The fourth-order valence-corrected chi connectivity index (χ4v) is 2.05. The van der Waals surface area contributed by atoms with Crippen LogP contribution >= 0.6 is 11.6 Å². The summed E-state index contributed by atoms with van der Waals surface area (Å²) >= 11 is 5.85. The van der Waals surface area contributed by atoms with Crippen LogP contribution < -0.4 is 5.73 Å². The third-order valence-corrected chi connectivity index (χ3v) is 2.90. The highest BCUT2D eigenvalue weighted by Crippen LogP contribution is 2.19. The Morgan fingerprint density at radius 3 is 2.83 bits per heavy atom. The lowest BCUT2D eigenvalue weighted by Gasteiger charge is -2.09. The molecule has 1 aliphatic rings. The van der Waals surface area contributed by atoms with Crippen molar-refractivity contribution in [3.63, 3.8) is 0 Å². The number of nitrogens with two attached hydrogens (primary N) is 1. The van der Waals surface area contributed by atoms with Gasteiger partial charge in [0.25, 0.3) is 5.91 Å². The number of benzene rings is 1. The highest BCUT2D eigenvalue weighted by atomic mass is 35.5. The average molecular weight is 269 g/mol. The van der Waals surface area contributed by atoms with Crippen molar-refractivity contribution in [2.45, 2.75) is 12.5 Å². The number of carbonyl (C=O) groups is 2. The zero-order valence-corrected chi connectivity index (χ0v) is 10.4. The quantitative estimate of drug-likeness (QED) is 0.890. The molecule has 1 saturated heterocycles. The van der Waals surface area contributed by atoms with Gasteiger partial charge in [-0.1, -0.05) is 23.7 Å². The molecule has 18 heavy (non-hydrogen) atoms. The van der Waals surface area contributed by atoms with E-state index >= 15 is 0 Å². The highest BCUT2D eigenvalue weighted by Gasteiger charge is 2.39. The molecule has 1 aromatic rings. The molecule has 0 spiro atoms. The van der Waals surface area contributed by atoms with Gasteiger partial charge in [0.1, 0.15) is 0 Å². The SMILES string of the molecule is NCCN1C(=O)O[C@H](Cc2cccc(Cl)c2)C1=O. The van der Waals surface area contributed by atoms with Crippen LogP contribution in [-0.4, -0.2) is 36.1 Å². The van der Waals surface area contributed by atoms with Gasteiger partial charge >= 0.3 is 6.09 Å². The maximum absolute atomic E-state index is 11.9. The minimum atomic E-state index is -0.775. The van der Waals surface area contributed by atoms with Gasteiger partial charge in [-0.25, -0.2) is 9.69 Å². The van der Waals surface area contributed by atoms with E-state index in [1.54, 1.807) is 18.2 Å². The predicted molar refractivity (Wildman–Crippen MR) is 66.2 cm³/mol. The minimum Gasteiger partial charge on any atom is -0.435 e. The molecule has 96 valence electrons. The largest absolute Gasteiger partial charge is 0.435 e. The molecule has 6 heteroatoms. The van der Waals surface area contributed by atoms with Gasteiger partial charge in [-0.3, -0.25) is 4.79 Å². The van der Waals surface area contributed by atoms with Crippen molar-refractivity contribution in [1.29, 1.82) is 0 Å². The van der Waals surface area contributed by atoms with Gasteiger partial charge in [0, 0.05) is 24.5 Å². The molecule has 1 atom stereocenters. The van der Waals surface area contributed by atoms with Gasteiger partial charge in [0.05, 0.1) is 0 Å². The molecule has 5 nitrogen and oxygen atoms in total. The lowest BCUT2D eigenvalue weighted by Crippen LogP contribution is -2.36. The van der Waals surface area contributed by atoms with E-state index in [1.807, 2.05) is 6.07 Å². The van der Waals surface area contributed by atoms with E-state index in [0.717, 1.165) is 10.5 Å². The minimum absolute atomic E-state index is 0.184. The van der Waals surface area contributed by atoms with Crippen LogP contribution in [0.15, 0.2) is 24.3 Å². The van der Waals surface area contributed by atoms with Crippen LogP contribution in [0, 0.1) is 0 Å². The second-order valence-corrected chi connectivity index (χ2v) is 4.42.